The maximum Gasteiger partial charge on any atom is 0.359 e. The molecule has 0 saturated heterocycles. The Kier molecular flexibility index (Phi) is 5.30. The number of esters is 1. The summed E-state index contributed by atoms with van der Waals surface area (Å²) in [5, 5.41) is 12.8. The first kappa shape index (κ1) is 18.8. The van der Waals surface area contributed by atoms with Gasteiger partial charge in [0.2, 0.25) is 0 Å². The number of ether oxygens (including phenoxy) is 3. The molecule has 9 heteroatoms. The second kappa shape index (κ2) is 8.19. The Balaban J connectivity index is 1.41. The lowest BCUT2D eigenvalue weighted by molar-refractivity contribution is 0.0457. The lowest BCUT2D eigenvalue weighted by Crippen LogP contribution is -2.05. The molecule has 29 heavy (non-hydrogen) atoms. The predicted molar refractivity (Wildman–Crippen MR) is 106 cm³/mol. The molecule has 0 spiro atoms. The summed E-state index contributed by atoms with van der Waals surface area (Å²) in [4.78, 5) is 13.2. The lowest BCUT2D eigenvalue weighted by atomic mass is 10.1. The van der Waals surface area contributed by atoms with Crippen molar-refractivity contribution < 1.29 is 23.5 Å². The van der Waals surface area contributed by atoms with Gasteiger partial charge < -0.3 is 18.7 Å². The third-order valence-corrected chi connectivity index (χ3v) is 5.05. The highest BCUT2D eigenvalue weighted by atomic mass is 32.1. The summed E-state index contributed by atoms with van der Waals surface area (Å²) in [7, 11) is 3.13. The standard InChI is InChI=1S/C20H17N3O5S/c1-25-16-6-5-12(8-18(16)26-2)17-9-13(23-28-17)11-27-20(24)15-10-14(21-22-15)19-4-3-7-29-19/h3-10H,11H2,1-2H3,(H,21,22). The summed E-state index contributed by atoms with van der Waals surface area (Å²) < 4.78 is 21.2. The summed E-state index contributed by atoms with van der Waals surface area (Å²) >= 11 is 1.55. The quantitative estimate of drug-likeness (QED) is 0.456. The van der Waals surface area contributed by atoms with Crippen molar-refractivity contribution in [2.45, 2.75) is 6.61 Å². The predicted octanol–water partition coefficient (Wildman–Crippen LogP) is 4.17. The number of aromatic amines is 1. The minimum Gasteiger partial charge on any atom is -0.493 e. The van der Waals surface area contributed by atoms with Crippen molar-refractivity contribution in [2.75, 3.05) is 14.2 Å². The van der Waals surface area contributed by atoms with Crippen LogP contribution in [-0.2, 0) is 11.3 Å². The van der Waals surface area contributed by atoms with Gasteiger partial charge in [-0.1, -0.05) is 11.2 Å². The highest BCUT2D eigenvalue weighted by Crippen LogP contribution is 2.32. The molecule has 3 aromatic heterocycles. The normalized spacial score (nSPS) is 10.7. The van der Waals surface area contributed by atoms with E-state index in [-0.39, 0.29) is 12.3 Å². The molecule has 148 valence electrons. The van der Waals surface area contributed by atoms with E-state index in [4.69, 9.17) is 18.7 Å². The molecule has 0 amide bonds. The fourth-order valence-corrected chi connectivity index (χ4v) is 3.40. The number of thiophene rings is 1. The van der Waals surface area contributed by atoms with Gasteiger partial charge in [0.25, 0.3) is 0 Å². The van der Waals surface area contributed by atoms with Crippen LogP contribution in [0.1, 0.15) is 16.2 Å². The monoisotopic (exact) mass is 411 g/mol. The van der Waals surface area contributed by atoms with Crippen LogP contribution in [0.4, 0.5) is 0 Å². The molecule has 8 nitrogen and oxygen atoms in total. The van der Waals surface area contributed by atoms with E-state index in [1.807, 2.05) is 23.6 Å². The van der Waals surface area contributed by atoms with Crippen molar-refractivity contribution in [1.82, 2.24) is 15.4 Å². The summed E-state index contributed by atoms with van der Waals surface area (Å²) in [6.45, 7) is -0.0309. The van der Waals surface area contributed by atoms with Crippen LogP contribution in [0.2, 0.25) is 0 Å². The second-order valence-electron chi connectivity index (χ2n) is 5.97. The SMILES string of the molecule is COc1ccc(-c2cc(COC(=O)c3cc(-c4cccs4)[nH]n3)no2)cc1OC. The van der Waals surface area contributed by atoms with Crippen LogP contribution in [0.5, 0.6) is 11.5 Å². The van der Waals surface area contributed by atoms with E-state index in [2.05, 4.69) is 15.4 Å². The molecule has 0 bridgehead atoms. The first-order valence-electron chi connectivity index (χ1n) is 8.62. The number of hydrogen-bond acceptors (Lipinski definition) is 8. The molecule has 0 aliphatic rings. The van der Waals surface area contributed by atoms with Gasteiger partial charge in [0.05, 0.1) is 24.8 Å². The first-order chi connectivity index (χ1) is 14.2. The zero-order chi connectivity index (χ0) is 20.2. The molecule has 3 heterocycles. The van der Waals surface area contributed by atoms with Gasteiger partial charge >= 0.3 is 5.97 Å². The molecule has 0 fully saturated rings. The van der Waals surface area contributed by atoms with Crippen LogP contribution in [0.25, 0.3) is 21.9 Å². The maximum absolute atomic E-state index is 12.2. The molecule has 0 aliphatic heterocycles. The maximum atomic E-state index is 12.2. The zero-order valence-electron chi connectivity index (χ0n) is 15.7. The van der Waals surface area contributed by atoms with E-state index in [0.29, 0.717) is 23.0 Å². The lowest BCUT2D eigenvalue weighted by Gasteiger charge is -2.07. The van der Waals surface area contributed by atoms with Gasteiger partial charge in [-0.15, -0.1) is 11.3 Å². The average molecular weight is 411 g/mol. The number of hydrogen-bond donors (Lipinski definition) is 1. The fraction of sp³-hybridized carbons (Fsp3) is 0.150. The Morgan fingerprint density at radius 2 is 2.00 bits per heavy atom. The number of carbonyl (C=O) groups is 1. The number of methoxy groups -OCH3 is 2. The summed E-state index contributed by atoms with van der Waals surface area (Å²) in [6, 6.07) is 12.6. The first-order valence-corrected chi connectivity index (χ1v) is 9.50. The minimum absolute atomic E-state index is 0.0309. The van der Waals surface area contributed by atoms with Crippen LogP contribution in [-0.4, -0.2) is 35.5 Å². The van der Waals surface area contributed by atoms with Gasteiger partial charge in [0.15, 0.2) is 23.0 Å². The van der Waals surface area contributed by atoms with Gasteiger partial charge in [-0.2, -0.15) is 5.10 Å². The molecule has 0 saturated carbocycles. The number of benzene rings is 1. The van der Waals surface area contributed by atoms with Gasteiger partial charge in [-0.05, 0) is 35.7 Å². The van der Waals surface area contributed by atoms with Crippen LogP contribution in [0.15, 0.2) is 52.4 Å². The van der Waals surface area contributed by atoms with E-state index in [0.717, 1.165) is 16.1 Å². The number of rotatable bonds is 7. The number of nitrogens with zero attached hydrogens (tertiary/aromatic N) is 2. The van der Waals surface area contributed by atoms with Gasteiger partial charge in [-0.3, -0.25) is 5.10 Å². The molecule has 0 atom stereocenters. The van der Waals surface area contributed by atoms with Crippen LogP contribution >= 0.6 is 11.3 Å². The minimum atomic E-state index is -0.542. The number of carbonyl (C=O) groups excluding carboxylic acids is 1. The average Bonchev–Trinajstić information content (AvgIpc) is 3.52. The summed E-state index contributed by atoms with van der Waals surface area (Å²) in [5.74, 6) is 1.18. The highest BCUT2D eigenvalue weighted by Gasteiger charge is 2.16. The number of nitrogens with one attached hydrogen (secondary N) is 1. The molecule has 4 aromatic rings. The topological polar surface area (TPSA) is 99.5 Å². The van der Waals surface area contributed by atoms with Crippen molar-refractivity contribution in [3.8, 4) is 33.4 Å². The van der Waals surface area contributed by atoms with Crippen molar-refractivity contribution >= 4 is 17.3 Å². The van der Waals surface area contributed by atoms with Crippen LogP contribution in [0.3, 0.4) is 0 Å². The third-order valence-electron chi connectivity index (χ3n) is 4.15. The van der Waals surface area contributed by atoms with Gasteiger partial charge in [0, 0.05) is 11.6 Å². The van der Waals surface area contributed by atoms with E-state index in [9.17, 15) is 4.79 Å². The number of aromatic nitrogens is 3. The Labute approximate surface area is 170 Å². The Morgan fingerprint density at radius 3 is 2.76 bits per heavy atom. The summed E-state index contributed by atoms with van der Waals surface area (Å²) in [5.41, 5.74) is 2.22. The molecular formula is C20H17N3O5S. The van der Waals surface area contributed by atoms with Crippen molar-refractivity contribution in [2.24, 2.45) is 0 Å². The molecule has 0 radical (unpaired) electrons. The third kappa shape index (κ3) is 3.99. The van der Waals surface area contributed by atoms with Crippen LogP contribution in [0, 0.1) is 0 Å². The van der Waals surface area contributed by atoms with Crippen molar-refractivity contribution in [3.05, 3.63) is 59.2 Å². The van der Waals surface area contributed by atoms with Gasteiger partial charge in [0.1, 0.15) is 12.3 Å². The largest absolute Gasteiger partial charge is 0.493 e. The highest BCUT2D eigenvalue weighted by molar-refractivity contribution is 7.13. The molecule has 1 N–H and O–H groups in total. The fourth-order valence-electron chi connectivity index (χ4n) is 2.70. The zero-order valence-corrected chi connectivity index (χ0v) is 16.5. The van der Waals surface area contributed by atoms with E-state index >= 15 is 0 Å². The van der Waals surface area contributed by atoms with E-state index in [1.54, 1.807) is 49.8 Å². The number of H-pyrrole nitrogens is 1. The molecule has 0 unspecified atom stereocenters. The van der Waals surface area contributed by atoms with Gasteiger partial charge in [-0.25, -0.2) is 4.79 Å². The Bertz CT molecular complexity index is 1120. The van der Waals surface area contributed by atoms with Crippen molar-refractivity contribution in [3.63, 3.8) is 0 Å². The molecule has 4 rings (SSSR count). The van der Waals surface area contributed by atoms with E-state index < -0.39 is 5.97 Å². The smallest absolute Gasteiger partial charge is 0.359 e. The summed E-state index contributed by atoms with van der Waals surface area (Å²) in [6.07, 6.45) is 0. The molecular weight excluding hydrogens is 394 g/mol. The molecule has 1 aromatic carbocycles. The van der Waals surface area contributed by atoms with Crippen molar-refractivity contribution in [1.29, 1.82) is 0 Å². The molecule has 0 aliphatic carbocycles. The van der Waals surface area contributed by atoms with E-state index in [1.165, 1.54) is 0 Å². The Morgan fingerprint density at radius 1 is 1.14 bits per heavy atom. The second-order valence-corrected chi connectivity index (χ2v) is 6.92. The Hall–Kier alpha value is -3.59. The van der Waals surface area contributed by atoms with Crippen LogP contribution < -0.4 is 9.47 Å².